The van der Waals surface area contributed by atoms with Crippen LogP contribution in [-0.4, -0.2) is 40.1 Å². The molecule has 250 valence electrons. The molecule has 0 saturated heterocycles. The van der Waals surface area contributed by atoms with Crippen LogP contribution in [0.1, 0.15) is 53.5 Å². The molecule has 1 aliphatic rings. The van der Waals surface area contributed by atoms with Gasteiger partial charge in [-0.3, -0.25) is 0 Å². The Kier molecular flexibility index (Phi) is 8.19. The fourth-order valence-corrected chi connectivity index (χ4v) is 9.18. The molecule has 6 aromatic rings. The standard InChI is InChI=1S/C34H27F6N3O2S3/c1-4-5-6-7-11-23-20(16-25(47-23)29-42-43-30(45-29)31-41-21-14-13-18(44-3)15-24(21)48-31)27-28(33(37,38)34(39,40)32(27,35)36)26-17(2)46-22-12-9-8-10-19(22)26/h8-10,12-16H,4-7,11H2,1-3H3. The van der Waals surface area contributed by atoms with E-state index in [4.69, 9.17) is 9.15 Å². The first-order chi connectivity index (χ1) is 22.9. The van der Waals surface area contributed by atoms with Gasteiger partial charge < -0.3 is 9.15 Å². The Hall–Kier alpha value is -3.75. The Morgan fingerprint density at radius 1 is 0.812 bits per heavy atom. The number of aryl methyl sites for hydroxylation is 2. The molecule has 0 bridgehead atoms. The third kappa shape index (κ3) is 5.06. The number of thiophene rings is 2. The maximum absolute atomic E-state index is 16.0. The number of unbranched alkanes of at least 4 members (excludes halogenated alkanes) is 3. The van der Waals surface area contributed by atoms with Crippen molar-refractivity contribution in [2.45, 2.75) is 63.7 Å². The molecule has 0 atom stereocenters. The smallest absolute Gasteiger partial charge is 0.380 e. The Labute approximate surface area is 282 Å². The third-order valence-corrected chi connectivity index (χ3v) is 11.7. The third-order valence-electron chi connectivity index (χ3n) is 8.44. The molecule has 0 saturated carbocycles. The number of nitrogens with zero attached hydrogens (tertiary/aromatic N) is 3. The zero-order valence-electron chi connectivity index (χ0n) is 25.8. The van der Waals surface area contributed by atoms with Crippen molar-refractivity contribution in [1.82, 2.24) is 15.2 Å². The Morgan fingerprint density at radius 2 is 1.56 bits per heavy atom. The fourth-order valence-electron chi connectivity index (χ4n) is 6.07. The van der Waals surface area contributed by atoms with Crippen LogP contribution in [0.2, 0.25) is 0 Å². The monoisotopic (exact) mass is 719 g/mol. The van der Waals surface area contributed by atoms with E-state index < -0.39 is 28.9 Å². The van der Waals surface area contributed by atoms with E-state index in [-0.39, 0.29) is 49.3 Å². The van der Waals surface area contributed by atoms with Crippen LogP contribution in [0.15, 0.2) is 52.9 Å². The summed E-state index contributed by atoms with van der Waals surface area (Å²) in [5.74, 6) is -15.4. The van der Waals surface area contributed by atoms with E-state index in [1.165, 1.54) is 30.4 Å². The van der Waals surface area contributed by atoms with Crippen molar-refractivity contribution in [1.29, 1.82) is 0 Å². The van der Waals surface area contributed by atoms with Crippen LogP contribution in [0, 0.1) is 6.92 Å². The second-order valence-corrected chi connectivity index (χ2v) is 14.9. The van der Waals surface area contributed by atoms with Gasteiger partial charge in [-0.05, 0) is 55.7 Å². The SMILES string of the molecule is CCCCCCc1sc(-c2nnc(-c3nc4ccc(OC)cc4s3)o2)cc1C1=C(c2c(C)sc3ccccc23)C(F)(F)C(F)(F)C1(F)F. The zero-order valence-corrected chi connectivity index (χ0v) is 28.3. The highest BCUT2D eigenvalue weighted by Crippen LogP contribution is 2.66. The molecule has 0 amide bonds. The topological polar surface area (TPSA) is 61.0 Å². The highest BCUT2D eigenvalue weighted by atomic mass is 32.1. The van der Waals surface area contributed by atoms with E-state index in [0.717, 1.165) is 46.6 Å². The number of aromatic nitrogens is 3. The lowest BCUT2D eigenvalue weighted by Crippen LogP contribution is -2.48. The Balaban J connectivity index is 1.40. The van der Waals surface area contributed by atoms with Gasteiger partial charge in [0, 0.05) is 36.6 Å². The quantitative estimate of drug-likeness (QED) is 0.104. The molecule has 0 unspecified atom stereocenters. The summed E-state index contributed by atoms with van der Waals surface area (Å²) in [6.07, 6.45) is 3.29. The van der Waals surface area contributed by atoms with Crippen LogP contribution >= 0.6 is 34.0 Å². The molecule has 0 N–H and O–H groups in total. The largest absolute Gasteiger partial charge is 0.497 e. The molecule has 0 aliphatic heterocycles. The number of hydrogen-bond donors (Lipinski definition) is 0. The van der Waals surface area contributed by atoms with E-state index in [0.29, 0.717) is 27.4 Å². The lowest BCUT2D eigenvalue weighted by atomic mass is 9.92. The molecule has 0 radical (unpaired) electrons. The van der Waals surface area contributed by atoms with Gasteiger partial charge in [0.25, 0.3) is 11.8 Å². The van der Waals surface area contributed by atoms with Gasteiger partial charge in [0.1, 0.15) is 5.75 Å². The number of halogens is 6. The van der Waals surface area contributed by atoms with E-state index in [9.17, 15) is 0 Å². The van der Waals surface area contributed by atoms with Crippen molar-refractivity contribution in [3.63, 3.8) is 0 Å². The predicted molar refractivity (Wildman–Crippen MR) is 179 cm³/mol. The zero-order chi connectivity index (χ0) is 34.0. The van der Waals surface area contributed by atoms with Crippen LogP contribution in [0.4, 0.5) is 26.3 Å². The summed E-state index contributed by atoms with van der Waals surface area (Å²) < 4.78 is 107. The van der Waals surface area contributed by atoms with Gasteiger partial charge in [-0.15, -0.1) is 44.2 Å². The number of rotatable bonds is 10. The summed E-state index contributed by atoms with van der Waals surface area (Å²) in [5.41, 5.74) is -2.68. The minimum absolute atomic E-state index is 0.0629. The van der Waals surface area contributed by atoms with E-state index in [1.807, 2.05) is 6.92 Å². The van der Waals surface area contributed by atoms with E-state index in [1.54, 1.807) is 43.5 Å². The second-order valence-electron chi connectivity index (χ2n) is 11.5. The van der Waals surface area contributed by atoms with Gasteiger partial charge in [0.2, 0.25) is 0 Å². The maximum atomic E-state index is 16.0. The van der Waals surface area contributed by atoms with Crippen LogP contribution in [0.3, 0.4) is 0 Å². The van der Waals surface area contributed by atoms with Gasteiger partial charge in [-0.2, -0.15) is 26.3 Å². The predicted octanol–water partition coefficient (Wildman–Crippen LogP) is 11.6. The number of allylic oxidation sites excluding steroid dienone is 2. The summed E-state index contributed by atoms with van der Waals surface area (Å²) in [4.78, 5) is 5.24. The lowest BCUT2D eigenvalue weighted by molar-refractivity contribution is -0.254. The maximum Gasteiger partial charge on any atom is 0.380 e. The van der Waals surface area contributed by atoms with Crippen molar-refractivity contribution < 1.29 is 35.5 Å². The molecule has 0 spiro atoms. The summed E-state index contributed by atoms with van der Waals surface area (Å²) in [7, 11) is 1.55. The number of benzene rings is 2. The number of methoxy groups -OCH3 is 1. The average Bonchev–Trinajstić information content (AvgIpc) is 3.86. The molecule has 4 heterocycles. The van der Waals surface area contributed by atoms with Gasteiger partial charge in [0.05, 0.1) is 22.2 Å². The molecular formula is C34H27F6N3O2S3. The summed E-state index contributed by atoms with van der Waals surface area (Å²) in [6.45, 7) is 3.50. The van der Waals surface area contributed by atoms with Crippen LogP contribution < -0.4 is 4.74 Å². The van der Waals surface area contributed by atoms with Crippen molar-refractivity contribution in [3.8, 4) is 27.4 Å². The molecule has 7 rings (SSSR count). The molecule has 14 heteroatoms. The van der Waals surface area contributed by atoms with Crippen LogP contribution in [0.5, 0.6) is 5.75 Å². The van der Waals surface area contributed by atoms with Gasteiger partial charge in [-0.1, -0.05) is 44.4 Å². The summed E-state index contributed by atoms with van der Waals surface area (Å²) in [5, 5.41) is 8.84. The Bertz CT molecular complexity index is 2200. The van der Waals surface area contributed by atoms with Crippen LogP contribution in [0.25, 0.3) is 53.1 Å². The number of hydrogen-bond acceptors (Lipinski definition) is 8. The highest BCUT2D eigenvalue weighted by molar-refractivity contribution is 7.21. The average molecular weight is 720 g/mol. The number of ether oxygens (including phenoxy) is 1. The first kappa shape index (κ1) is 32.8. The minimum atomic E-state index is -5.67. The minimum Gasteiger partial charge on any atom is -0.497 e. The van der Waals surface area contributed by atoms with E-state index >= 15 is 26.3 Å². The molecule has 5 nitrogen and oxygen atoms in total. The molecule has 1 aliphatic carbocycles. The van der Waals surface area contributed by atoms with Gasteiger partial charge in [0.15, 0.2) is 5.01 Å². The van der Waals surface area contributed by atoms with Gasteiger partial charge in [-0.25, -0.2) is 4.98 Å². The van der Waals surface area contributed by atoms with Crippen molar-refractivity contribution in [3.05, 3.63) is 69.4 Å². The van der Waals surface area contributed by atoms with Crippen molar-refractivity contribution in [2.24, 2.45) is 0 Å². The normalized spacial score (nSPS) is 16.9. The second kappa shape index (κ2) is 12.0. The number of alkyl halides is 6. The molecule has 0 fully saturated rings. The fraction of sp³-hybridized carbons (Fsp3) is 0.324. The first-order valence-electron chi connectivity index (χ1n) is 15.2. The lowest BCUT2D eigenvalue weighted by Gasteiger charge is -2.26. The van der Waals surface area contributed by atoms with Gasteiger partial charge >= 0.3 is 17.8 Å². The Morgan fingerprint density at radius 3 is 2.33 bits per heavy atom. The molecular weight excluding hydrogens is 693 g/mol. The summed E-state index contributed by atoms with van der Waals surface area (Å²) in [6, 6.07) is 12.9. The molecule has 2 aromatic carbocycles. The first-order valence-corrected chi connectivity index (χ1v) is 17.6. The number of fused-ring (bicyclic) bond motifs is 2. The summed E-state index contributed by atoms with van der Waals surface area (Å²) >= 11 is 3.37. The van der Waals surface area contributed by atoms with E-state index in [2.05, 4.69) is 15.2 Å². The molecule has 4 aromatic heterocycles. The number of thiazole rings is 1. The highest BCUT2D eigenvalue weighted by Gasteiger charge is 2.80. The van der Waals surface area contributed by atoms with Crippen molar-refractivity contribution >= 4 is 65.5 Å². The van der Waals surface area contributed by atoms with Crippen LogP contribution in [-0.2, 0) is 6.42 Å². The molecule has 48 heavy (non-hydrogen) atoms. The van der Waals surface area contributed by atoms with Crippen molar-refractivity contribution in [2.75, 3.05) is 7.11 Å².